The Morgan fingerprint density at radius 1 is 1.21 bits per heavy atom. The highest BCUT2D eigenvalue weighted by Gasteiger charge is 2.15. The fourth-order valence-corrected chi connectivity index (χ4v) is 3.39. The summed E-state index contributed by atoms with van der Waals surface area (Å²) in [5.74, 6) is -0.368. The maximum absolute atomic E-state index is 12.3. The normalized spacial score (nSPS) is 11.0. The Hall–Kier alpha value is -2.09. The Bertz CT molecular complexity index is 831. The molecule has 0 unspecified atom stereocenters. The molecule has 0 heterocycles. The maximum atomic E-state index is 12.3. The van der Waals surface area contributed by atoms with Crippen LogP contribution in [0.1, 0.15) is 10.4 Å². The molecular weight excluding hydrogens is 344 g/mol. The first-order valence-corrected chi connectivity index (χ1v) is 9.83. The minimum absolute atomic E-state index is 0.0368. The van der Waals surface area contributed by atoms with E-state index in [0.717, 1.165) is 4.90 Å². The third-order valence-corrected chi connectivity index (χ3v) is 5.34. The van der Waals surface area contributed by atoms with Crippen LogP contribution in [-0.2, 0) is 10.0 Å². The molecule has 1 amide bonds. The minimum atomic E-state index is -3.66. The van der Waals surface area contributed by atoms with Gasteiger partial charge in [0.15, 0.2) is 0 Å². The Morgan fingerprint density at radius 3 is 2.54 bits per heavy atom. The van der Waals surface area contributed by atoms with Crippen molar-refractivity contribution in [2.24, 2.45) is 0 Å². The molecule has 0 radical (unpaired) electrons. The van der Waals surface area contributed by atoms with Crippen LogP contribution in [0.25, 0.3) is 0 Å². The first-order chi connectivity index (χ1) is 11.5. The molecule has 7 heteroatoms. The van der Waals surface area contributed by atoms with Crippen molar-refractivity contribution >= 4 is 33.4 Å². The molecule has 24 heavy (non-hydrogen) atoms. The molecule has 0 spiro atoms. The highest BCUT2D eigenvalue weighted by molar-refractivity contribution is 7.98. The fraction of sp³-hybridized carbons (Fsp3) is 0.118. The summed E-state index contributed by atoms with van der Waals surface area (Å²) >= 11 is 1.61. The van der Waals surface area contributed by atoms with Crippen LogP contribution in [-0.4, -0.2) is 27.1 Å². The van der Waals surface area contributed by atoms with E-state index in [2.05, 4.69) is 16.6 Å². The lowest BCUT2D eigenvalue weighted by atomic mass is 10.2. The first kappa shape index (κ1) is 18.3. The molecule has 0 saturated heterocycles. The van der Waals surface area contributed by atoms with E-state index in [1.165, 1.54) is 24.3 Å². The summed E-state index contributed by atoms with van der Waals surface area (Å²) in [6.07, 6.45) is 3.42. The van der Waals surface area contributed by atoms with Gasteiger partial charge >= 0.3 is 0 Å². The monoisotopic (exact) mass is 362 g/mol. The molecule has 2 rings (SSSR count). The van der Waals surface area contributed by atoms with Gasteiger partial charge < -0.3 is 5.32 Å². The number of rotatable bonds is 7. The summed E-state index contributed by atoms with van der Waals surface area (Å²) in [4.78, 5) is 13.4. The molecule has 0 saturated carbocycles. The molecule has 5 nitrogen and oxygen atoms in total. The van der Waals surface area contributed by atoms with Gasteiger partial charge in [-0.25, -0.2) is 13.1 Å². The molecule has 0 atom stereocenters. The van der Waals surface area contributed by atoms with Gasteiger partial charge in [0, 0.05) is 22.7 Å². The topological polar surface area (TPSA) is 75.3 Å². The molecule has 2 aromatic carbocycles. The van der Waals surface area contributed by atoms with E-state index < -0.39 is 10.0 Å². The molecule has 126 valence electrons. The van der Waals surface area contributed by atoms with Crippen LogP contribution >= 0.6 is 11.8 Å². The van der Waals surface area contributed by atoms with Gasteiger partial charge in [0.05, 0.1) is 4.90 Å². The van der Waals surface area contributed by atoms with Crippen molar-refractivity contribution in [3.05, 3.63) is 66.7 Å². The second kappa shape index (κ2) is 8.14. The number of benzene rings is 2. The molecule has 2 aromatic rings. The van der Waals surface area contributed by atoms with Crippen LogP contribution in [0.3, 0.4) is 0 Å². The lowest BCUT2D eigenvalue weighted by molar-refractivity contribution is 0.102. The Kier molecular flexibility index (Phi) is 6.19. The average molecular weight is 362 g/mol. The van der Waals surface area contributed by atoms with Crippen molar-refractivity contribution in [1.29, 1.82) is 0 Å². The van der Waals surface area contributed by atoms with Gasteiger partial charge in [0.1, 0.15) is 0 Å². The van der Waals surface area contributed by atoms with Gasteiger partial charge in [0.2, 0.25) is 10.0 Å². The summed E-state index contributed by atoms with van der Waals surface area (Å²) in [6, 6.07) is 13.3. The molecule has 0 fully saturated rings. The average Bonchev–Trinajstić information content (AvgIpc) is 2.61. The summed E-state index contributed by atoms with van der Waals surface area (Å²) in [6.45, 7) is 3.60. The van der Waals surface area contributed by atoms with Crippen molar-refractivity contribution in [2.45, 2.75) is 9.79 Å². The van der Waals surface area contributed by atoms with E-state index in [9.17, 15) is 13.2 Å². The maximum Gasteiger partial charge on any atom is 0.255 e. The zero-order valence-electron chi connectivity index (χ0n) is 13.2. The Morgan fingerprint density at radius 2 is 1.92 bits per heavy atom. The van der Waals surface area contributed by atoms with Crippen molar-refractivity contribution in [2.75, 3.05) is 18.1 Å². The van der Waals surface area contributed by atoms with Crippen LogP contribution in [0.2, 0.25) is 0 Å². The van der Waals surface area contributed by atoms with Crippen LogP contribution in [0, 0.1) is 0 Å². The van der Waals surface area contributed by atoms with Crippen molar-refractivity contribution < 1.29 is 13.2 Å². The van der Waals surface area contributed by atoms with Crippen LogP contribution in [0.4, 0.5) is 5.69 Å². The van der Waals surface area contributed by atoms with Crippen LogP contribution < -0.4 is 10.0 Å². The smallest absolute Gasteiger partial charge is 0.255 e. The number of amides is 1. The second-order valence-corrected chi connectivity index (χ2v) is 7.50. The van der Waals surface area contributed by atoms with Gasteiger partial charge in [-0.05, 0) is 48.7 Å². The third-order valence-electron chi connectivity index (χ3n) is 3.17. The molecule has 0 bridgehead atoms. The summed E-state index contributed by atoms with van der Waals surface area (Å²) < 4.78 is 26.6. The standard InChI is InChI=1S/C17H18N2O3S2/c1-3-11-18-24(21,22)16-6-4-5-13(12-16)17(20)19-14-7-9-15(23-2)10-8-14/h3-10,12,18H,1,11H2,2H3,(H,19,20). The number of anilines is 1. The summed E-state index contributed by atoms with van der Waals surface area (Å²) in [5.41, 5.74) is 0.918. The highest BCUT2D eigenvalue weighted by atomic mass is 32.2. The molecule has 0 aromatic heterocycles. The number of hydrogen-bond acceptors (Lipinski definition) is 4. The van der Waals surface area contributed by atoms with Gasteiger partial charge in [-0.3, -0.25) is 4.79 Å². The quantitative estimate of drug-likeness (QED) is 0.586. The van der Waals surface area contributed by atoms with E-state index in [0.29, 0.717) is 5.69 Å². The van der Waals surface area contributed by atoms with Crippen molar-refractivity contribution in [3.63, 3.8) is 0 Å². The predicted molar refractivity (Wildman–Crippen MR) is 98.0 cm³/mol. The summed E-state index contributed by atoms with van der Waals surface area (Å²) in [7, 11) is -3.66. The fourth-order valence-electron chi connectivity index (χ4n) is 1.93. The predicted octanol–water partition coefficient (Wildman–Crippen LogP) is 3.13. The van der Waals surface area contributed by atoms with Gasteiger partial charge in [-0.1, -0.05) is 12.1 Å². The molecule has 2 N–H and O–H groups in total. The number of carbonyl (C=O) groups excluding carboxylic acids is 1. The van der Waals surface area contributed by atoms with Gasteiger partial charge in [-0.2, -0.15) is 0 Å². The number of hydrogen-bond donors (Lipinski definition) is 2. The number of thioether (sulfide) groups is 1. The molecular formula is C17H18N2O3S2. The van der Waals surface area contributed by atoms with E-state index in [1.54, 1.807) is 30.0 Å². The zero-order chi connectivity index (χ0) is 17.6. The minimum Gasteiger partial charge on any atom is -0.322 e. The van der Waals surface area contributed by atoms with E-state index >= 15 is 0 Å². The van der Waals surface area contributed by atoms with Crippen LogP contribution in [0.15, 0.2) is 71.0 Å². The second-order valence-electron chi connectivity index (χ2n) is 4.85. The van der Waals surface area contributed by atoms with Crippen LogP contribution in [0.5, 0.6) is 0 Å². The third kappa shape index (κ3) is 4.70. The Labute approximate surface area is 146 Å². The van der Waals surface area contributed by atoms with Crippen molar-refractivity contribution in [3.8, 4) is 0 Å². The lowest BCUT2D eigenvalue weighted by Gasteiger charge is -2.08. The van der Waals surface area contributed by atoms with E-state index in [-0.39, 0.29) is 22.9 Å². The highest BCUT2D eigenvalue weighted by Crippen LogP contribution is 2.18. The first-order valence-electron chi connectivity index (χ1n) is 7.12. The van der Waals surface area contributed by atoms with Crippen molar-refractivity contribution in [1.82, 2.24) is 4.72 Å². The zero-order valence-corrected chi connectivity index (χ0v) is 14.8. The van der Waals surface area contributed by atoms with Gasteiger partial charge in [-0.15, -0.1) is 18.3 Å². The summed E-state index contributed by atoms with van der Waals surface area (Å²) in [5, 5.41) is 2.75. The lowest BCUT2D eigenvalue weighted by Crippen LogP contribution is -2.24. The number of nitrogens with one attached hydrogen (secondary N) is 2. The van der Waals surface area contributed by atoms with Gasteiger partial charge in [0.25, 0.3) is 5.91 Å². The number of sulfonamides is 1. The SMILES string of the molecule is C=CCNS(=O)(=O)c1cccc(C(=O)Nc2ccc(SC)cc2)c1. The largest absolute Gasteiger partial charge is 0.322 e. The molecule has 0 aliphatic heterocycles. The molecule has 0 aliphatic rings. The Balaban J connectivity index is 2.17. The van der Waals surface area contributed by atoms with E-state index in [4.69, 9.17) is 0 Å². The number of carbonyl (C=O) groups is 1. The molecule has 0 aliphatic carbocycles. The van der Waals surface area contributed by atoms with E-state index in [1.807, 2.05) is 18.4 Å².